The van der Waals surface area contributed by atoms with Crippen molar-refractivity contribution in [3.05, 3.63) is 59.7 Å². The molecule has 27 heavy (non-hydrogen) atoms. The minimum absolute atomic E-state index is 0.0110. The van der Waals surface area contributed by atoms with E-state index in [1.807, 2.05) is 43.3 Å². The number of hydrogen-bond acceptors (Lipinski definition) is 6. The van der Waals surface area contributed by atoms with Crippen LogP contribution in [0.2, 0.25) is 0 Å². The van der Waals surface area contributed by atoms with Gasteiger partial charge in [0.1, 0.15) is 0 Å². The van der Waals surface area contributed by atoms with Gasteiger partial charge in [-0.1, -0.05) is 23.9 Å². The van der Waals surface area contributed by atoms with Crippen LogP contribution in [0.5, 0.6) is 0 Å². The summed E-state index contributed by atoms with van der Waals surface area (Å²) in [6, 6.07) is 14.6. The second-order valence-corrected chi connectivity index (χ2v) is 10.1. The van der Waals surface area contributed by atoms with E-state index < -0.39 is 9.84 Å². The predicted octanol–water partition coefficient (Wildman–Crippen LogP) is 2.93. The molecule has 1 amide bonds. The number of amides is 1. The number of nitrogens with one attached hydrogen (secondary N) is 2. The van der Waals surface area contributed by atoms with E-state index >= 15 is 0 Å². The molecular formula is C19H19N3O3S2. The molecule has 0 aliphatic carbocycles. The molecule has 2 aliphatic rings. The van der Waals surface area contributed by atoms with Crippen LogP contribution < -0.4 is 10.6 Å². The Morgan fingerprint density at radius 2 is 1.89 bits per heavy atom. The van der Waals surface area contributed by atoms with Crippen LogP contribution >= 0.6 is 11.8 Å². The van der Waals surface area contributed by atoms with Gasteiger partial charge in [0.05, 0.1) is 17.5 Å². The fourth-order valence-electron chi connectivity index (χ4n) is 3.17. The SMILES string of the molecule is Cc1cccc(NC(=O)c2ccc(NC3=N[C@H]4CS(=O)(=O)C[C@H]4S3)cc2)c1. The highest BCUT2D eigenvalue weighted by Gasteiger charge is 2.42. The van der Waals surface area contributed by atoms with Crippen molar-refractivity contribution in [2.45, 2.75) is 18.2 Å². The number of thioether (sulfide) groups is 1. The van der Waals surface area contributed by atoms with Gasteiger partial charge in [0.2, 0.25) is 0 Å². The Labute approximate surface area is 162 Å². The zero-order valence-corrected chi connectivity index (χ0v) is 16.3. The fourth-order valence-corrected chi connectivity index (χ4v) is 6.85. The van der Waals surface area contributed by atoms with Gasteiger partial charge in [-0.25, -0.2) is 8.42 Å². The molecule has 0 radical (unpaired) electrons. The second kappa shape index (κ2) is 7.01. The largest absolute Gasteiger partial charge is 0.335 e. The van der Waals surface area contributed by atoms with Crippen molar-refractivity contribution in [1.29, 1.82) is 0 Å². The molecule has 1 saturated heterocycles. The number of nitrogens with zero attached hydrogens (tertiary/aromatic N) is 1. The molecule has 0 spiro atoms. The van der Waals surface area contributed by atoms with E-state index in [2.05, 4.69) is 15.6 Å². The van der Waals surface area contributed by atoms with Gasteiger partial charge >= 0.3 is 0 Å². The summed E-state index contributed by atoms with van der Waals surface area (Å²) in [5.74, 6) is 0.155. The van der Waals surface area contributed by atoms with Crippen LogP contribution in [0.4, 0.5) is 11.4 Å². The molecule has 0 saturated carbocycles. The van der Waals surface area contributed by atoms with Crippen LogP contribution in [0.15, 0.2) is 53.5 Å². The summed E-state index contributed by atoms with van der Waals surface area (Å²) in [4.78, 5) is 16.8. The van der Waals surface area contributed by atoms with Gasteiger partial charge in [0.15, 0.2) is 15.0 Å². The van der Waals surface area contributed by atoms with E-state index in [-0.39, 0.29) is 28.7 Å². The first-order valence-corrected chi connectivity index (χ1v) is 11.3. The number of aryl methyl sites for hydroxylation is 1. The van der Waals surface area contributed by atoms with Gasteiger partial charge in [-0.15, -0.1) is 0 Å². The number of hydrogen-bond donors (Lipinski definition) is 2. The Kier molecular flexibility index (Phi) is 4.69. The monoisotopic (exact) mass is 401 g/mol. The lowest BCUT2D eigenvalue weighted by Gasteiger charge is -2.09. The molecule has 8 heteroatoms. The van der Waals surface area contributed by atoms with Crippen LogP contribution in [-0.4, -0.2) is 42.3 Å². The van der Waals surface area contributed by atoms with Gasteiger partial charge in [-0.2, -0.15) is 0 Å². The maximum Gasteiger partial charge on any atom is 0.255 e. The molecule has 2 aliphatic heterocycles. The molecule has 0 bridgehead atoms. The third-order valence-electron chi connectivity index (χ3n) is 4.49. The first-order valence-electron chi connectivity index (χ1n) is 8.58. The third-order valence-corrected chi connectivity index (χ3v) is 7.63. The number of anilines is 2. The highest BCUT2D eigenvalue weighted by molar-refractivity contribution is 8.15. The van der Waals surface area contributed by atoms with Gasteiger partial charge in [0.25, 0.3) is 5.91 Å². The highest BCUT2D eigenvalue weighted by Crippen LogP contribution is 2.34. The van der Waals surface area contributed by atoms with Crippen molar-refractivity contribution in [2.24, 2.45) is 4.99 Å². The lowest BCUT2D eigenvalue weighted by molar-refractivity contribution is 0.102. The van der Waals surface area contributed by atoms with Crippen molar-refractivity contribution < 1.29 is 13.2 Å². The Hall–Kier alpha value is -2.32. The second-order valence-electron chi connectivity index (χ2n) is 6.76. The number of carbonyl (C=O) groups is 1. The maximum absolute atomic E-state index is 12.4. The number of sulfone groups is 1. The lowest BCUT2D eigenvalue weighted by Crippen LogP contribution is -2.13. The number of carbonyl (C=O) groups excluding carboxylic acids is 1. The molecule has 2 atom stereocenters. The first-order chi connectivity index (χ1) is 12.9. The van der Waals surface area contributed by atoms with Crippen LogP contribution in [-0.2, 0) is 9.84 Å². The summed E-state index contributed by atoms with van der Waals surface area (Å²) in [6.45, 7) is 1.98. The van der Waals surface area contributed by atoms with Gasteiger partial charge in [-0.05, 0) is 48.9 Å². The summed E-state index contributed by atoms with van der Waals surface area (Å²) >= 11 is 1.47. The summed E-state index contributed by atoms with van der Waals surface area (Å²) in [5.41, 5.74) is 3.22. The molecule has 2 aromatic carbocycles. The average Bonchev–Trinajstić information content (AvgIpc) is 3.08. The summed E-state index contributed by atoms with van der Waals surface area (Å²) in [6.07, 6.45) is 0. The van der Waals surface area contributed by atoms with Gasteiger partial charge < -0.3 is 10.6 Å². The summed E-state index contributed by atoms with van der Waals surface area (Å²) < 4.78 is 23.2. The molecule has 140 valence electrons. The maximum atomic E-state index is 12.4. The van der Waals surface area contributed by atoms with E-state index in [4.69, 9.17) is 0 Å². The van der Waals surface area contributed by atoms with E-state index in [9.17, 15) is 13.2 Å². The number of aliphatic imine (C=N–C) groups is 1. The van der Waals surface area contributed by atoms with E-state index in [0.29, 0.717) is 5.56 Å². The van der Waals surface area contributed by atoms with Gasteiger partial charge in [0, 0.05) is 22.2 Å². The molecule has 0 unspecified atom stereocenters. The third kappa shape index (κ3) is 4.17. The lowest BCUT2D eigenvalue weighted by atomic mass is 10.1. The van der Waals surface area contributed by atoms with Crippen molar-refractivity contribution in [3.8, 4) is 0 Å². The van der Waals surface area contributed by atoms with Crippen LogP contribution in [0.3, 0.4) is 0 Å². The average molecular weight is 402 g/mol. The zero-order valence-electron chi connectivity index (χ0n) is 14.7. The van der Waals surface area contributed by atoms with Crippen molar-refractivity contribution in [2.75, 3.05) is 22.1 Å². The fraction of sp³-hybridized carbons (Fsp3) is 0.263. The Balaban J connectivity index is 1.39. The van der Waals surface area contributed by atoms with Crippen LogP contribution in [0, 0.1) is 6.92 Å². The summed E-state index contributed by atoms with van der Waals surface area (Å²) in [7, 11) is -2.95. The molecule has 6 nitrogen and oxygen atoms in total. The van der Waals surface area contributed by atoms with Crippen LogP contribution in [0.25, 0.3) is 0 Å². The Bertz CT molecular complexity index is 1020. The van der Waals surface area contributed by atoms with Gasteiger partial charge in [-0.3, -0.25) is 9.79 Å². The van der Waals surface area contributed by atoms with E-state index in [0.717, 1.165) is 22.1 Å². The smallest absolute Gasteiger partial charge is 0.255 e. The van der Waals surface area contributed by atoms with Crippen LogP contribution in [0.1, 0.15) is 15.9 Å². The predicted molar refractivity (Wildman–Crippen MR) is 110 cm³/mol. The molecule has 2 aromatic rings. The minimum atomic E-state index is -2.95. The summed E-state index contributed by atoms with van der Waals surface area (Å²) in [5, 5.41) is 6.83. The molecule has 4 rings (SSSR count). The number of rotatable bonds is 3. The molecule has 2 N–H and O–H groups in total. The first kappa shape index (κ1) is 18.1. The number of amidine groups is 1. The van der Waals surface area contributed by atoms with E-state index in [1.165, 1.54) is 11.8 Å². The Morgan fingerprint density at radius 1 is 1.11 bits per heavy atom. The molecule has 1 fully saturated rings. The highest BCUT2D eigenvalue weighted by atomic mass is 32.2. The molecule has 0 aromatic heterocycles. The zero-order chi connectivity index (χ0) is 19.0. The van der Waals surface area contributed by atoms with Crippen molar-refractivity contribution in [1.82, 2.24) is 0 Å². The quantitative estimate of drug-likeness (QED) is 0.826. The standard InChI is InChI=1S/C19H19N3O3S2/c1-12-3-2-4-15(9-12)20-18(23)13-5-7-14(8-6-13)21-19-22-16-10-27(24,25)11-17(16)26-19/h2-9,16-17H,10-11H2,1H3,(H,20,23)(H,21,22)/t16-,17+/m0/s1. The minimum Gasteiger partial charge on any atom is -0.335 e. The molecule has 2 heterocycles. The normalized spacial score (nSPS) is 22.8. The topological polar surface area (TPSA) is 87.6 Å². The number of fused-ring (bicyclic) bond motifs is 1. The number of benzene rings is 2. The molecular weight excluding hydrogens is 382 g/mol. The van der Waals surface area contributed by atoms with Crippen molar-refractivity contribution >= 4 is 44.0 Å². The van der Waals surface area contributed by atoms with Crippen molar-refractivity contribution in [3.63, 3.8) is 0 Å². The Morgan fingerprint density at radius 3 is 2.59 bits per heavy atom. The van der Waals surface area contributed by atoms with E-state index in [1.54, 1.807) is 12.1 Å².